The summed E-state index contributed by atoms with van der Waals surface area (Å²) in [5, 5.41) is 10.9. The smallest absolute Gasteiger partial charge is 0.284 e. The number of H-pyrrole nitrogens is 1. The summed E-state index contributed by atoms with van der Waals surface area (Å²) in [5.74, 6) is -2.20. The van der Waals surface area contributed by atoms with E-state index in [2.05, 4.69) is 4.98 Å². The van der Waals surface area contributed by atoms with Crippen LogP contribution in [-0.4, -0.2) is 14.6 Å². The van der Waals surface area contributed by atoms with Crippen LogP contribution >= 0.6 is 0 Å². The lowest BCUT2D eigenvalue weighted by Crippen LogP contribution is -2.19. The number of nitrogens with zero attached hydrogens (tertiary/aromatic N) is 3. The molecule has 0 amide bonds. The molecule has 0 spiro atoms. The number of benzene rings is 2. The van der Waals surface area contributed by atoms with Crippen molar-refractivity contribution in [3.05, 3.63) is 81.3 Å². The number of halogens is 5. The Hall–Kier alpha value is -4.00. The molecule has 1 N–H and O–H groups in total. The van der Waals surface area contributed by atoms with E-state index in [1.54, 1.807) is 0 Å². The molecule has 156 valence electrons. The summed E-state index contributed by atoms with van der Waals surface area (Å²) < 4.78 is 69.5. The van der Waals surface area contributed by atoms with Crippen LogP contribution in [0.15, 0.2) is 47.3 Å². The average molecular weight is 430 g/mol. The lowest BCUT2D eigenvalue weighted by Gasteiger charge is -2.09. The van der Waals surface area contributed by atoms with Gasteiger partial charge in [-0.2, -0.15) is 18.4 Å². The van der Waals surface area contributed by atoms with Crippen LogP contribution in [-0.2, 0) is 6.18 Å². The van der Waals surface area contributed by atoms with Gasteiger partial charge in [-0.05, 0) is 31.2 Å². The third-order valence-corrected chi connectivity index (χ3v) is 4.78. The van der Waals surface area contributed by atoms with Gasteiger partial charge in [-0.25, -0.2) is 18.3 Å². The quantitative estimate of drug-likeness (QED) is 0.463. The highest BCUT2D eigenvalue weighted by Crippen LogP contribution is 2.39. The molecular formula is C21H11F5N4O. The highest BCUT2D eigenvalue weighted by molar-refractivity contribution is 5.82. The second-order valence-electron chi connectivity index (χ2n) is 6.72. The Labute approximate surface area is 171 Å². The molecule has 0 aliphatic heterocycles. The lowest BCUT2D eigenvalue weighted by atomic mass is 10.0. The minimum atomic E-state index is -4.97. The molecule has 0 bridgehead atoms. The van der Waals surface area contributed by atoms with E-state index in [1.165, 1.54) is 31.2 Å². The molecule has 4 rings (SSSR count). The van der Waals surface area contributed by atoms with Crippen molar-refractivity contribution in [2.45, 2.75) is 13.1 Å². The Bertz CT molecular complexity index is 1430. The number of aromatic nitrogens is 3. The molecule has 31 heavy (non-hydrogen) atoms. The highest BCUT2D eigenvalue weighted by atomic mass is 19.4. The van der Waals surface area contributed by atoms with E-state index in [0.29, 0.717) is 21.7 Å². The molecule has 2 aromatic carbocycles. The van der Waals surface area contributed by atoms with Crippen molar-refractivity contribution in [2.24, 2.45) is 0 Å². The van der Waals surface area contributed by atoms with Gasteiger partial charge in [0.25, 0.3) is 5.56 Å². The second kappa shape index (κ2) is 7.05. The zero-order chi connectivity index (χ0) is 22.5. The molecule has 0 saturated heterocycles. The van der Waals surface area contributed by atoms with Gasteiger partial charge in [0, 0.05) is 22.8 Å². The number of nitriles is 1. The maximum absolute atomic E-state index is 14.4. The molecule has 0 fully saturated rings. The van der Waals surface area contributed by atoms with Gasteiger partial charge >= 0.3 is 6.18 Å². The Balaban J connectivity index is 2.11. The second-order valence-corrected chi connectivity index (χ2v) is 6.72. The summed E-state index contributed by atoms with van der Waals surface area (Å²) in [5.41, 5.74) is -3.10. The van der Waals surface area contributed by atoms with Gasteiger partial charge in [0.2, 0.25) is 0 Å². The van der Waals surface area contributed by atoms with Gasteiger partial charge in [-0.3, -0.25) is 9.89 Å². The predicted molar refractivity (Wildman–Crippen MR) is 101 cm³/mol. The first-order valence-electron chi connectivity index (χ1n) is 8.80. The molecule has 4 aromatic rings. The first kappa shape index (κ1) is 20.3. The first-order chi connectivity index (χ1) is 14.6. The monoisotopic (exact) mass is 430 g/mol. The van der Waals surface area contributed by atoms with Gasteiger partial charge in [0.05, 0.1) is 22.9 Å². The number of hydrogen-bond donors (Lipinski definition) is 1. The summed E-state index contributed by atoms with van der Waals surface area (Å²) in [6, 6.07) is 10.00. The van der Waals surface area contributed by atoms with Crippen LogP contribution in [0.3, 0.4) is 0 Å². The average Bonchev–Trinajstić information content (AvgIpc) is 3.11. The SMILES string of the molecule is Cc1c(-c2ccc(C#N)cc2)nc2c(-c3ccc(F)cc3F)c(C(F)(F)F)[nH]n2c1=O. The molecule has 0 radical (unpaired) electrons. The minimum absolute atomic E-state index is 0.0447. The summed E-state index contributed by atoms with van der Waals surface area (Å²) >= 11 is 0. The predicted octanol–water partition coefficient (Wildman–Crippen LogP) is 4.83. The Morgan fingerprint density at radius 2 is 1.77 bits per heavy atom. The normalized spacial score (nSPS) is 11.6. The molecule has 2 aromatic heterocycles. The highest BCUT2D eigenvalue weighted by Gasteiger charge is 2.39. The number of rotatable bonds is 2. The summed E-state index contributed by atoms with van der Waals surface area (Å²) in [4.78, 5) is 17.1. The fourth-order valence-corrected chi connectivity index (χ4v) is 3.29. The zero-order valence-electron chi connectivity index (χ0n) is 15.7. The van der Waals surface area contributed by atoms with Crippen LogP contribution in [0.1, 0.15) is 16.8 Å². The van der Waals surface area contributed by atoms with Crippen molar-refractivity contribution in [3.63, 3.8) is 0 Å². The maximum atomic E-state index is 14.4. The molecule has 0 aliphatic rings. The Morgan fingerprint density at radius 3 is 2.35 bits per heavy atom. The summed E-state index contributed by atoms with van der Waals surface area (Å²) in [7, 11) is 0. The first-order valence-corrected chi connectivity index (χ1v) is 8.80. The van der Waals surface area contributed by atoms with Gasteiger partial charge in [0.1, 0.15) is 17.3 Å². The lowest BCUT2D eigenvalue weighted by molar-refractivity contribution is -0.140. The topological polar surface area (TPSA) is 73.9 Å². The maximum Gasteiger partial charge on any atom is 0.433 e. The van der Waals surface area contributed by atoms with E-state index in [-0.39, 0.29) is 11.3 Å². The van der Waals surface area contributed by atoms with E-state index in [1.807, 2.05) is 11.2 Å². The standard InChI is InChI=1S/C21H11F5N4O/c1-10-17(12-4-2-11(9-27)3-5-12)28-19-16(14-7-6-13(22)8-15(14)23)18(21(24,25)26)29-30(19)20(10)31/h2-8,29H,1H3. The molecule has 0 unspecified atom stereocenters. The molecule has 10 heteroatoms. The number of alkyl halides is 3. The van der Waals surface area contributed by atoms with Crippen LogP contribution < -0.4 is 5.56 Å². The van der Waals surface area contributed by atoms with Gasteiger partial charge in [-0.15, -0.1) is 0 Å². The van der Waals surface area contributed by atoms with E-state index in [9.17, 15) is 26.7 Å². The molecule has 0 saturated carbocycles. The Kier molecular flexibility index (Phi) is 4.61. The van der Waals surface area contributed by atoms with E-state index in [4.69, 9.17) is 5.26 Å². The van der Waals surface area contributed by atoms with E-state index in [0.717, 1.165) is 12.1 Å². The van der Waals surface area contributed by atoms with Crippen molar-refractivity contribution in [3.8, 4) is 28.5 Å². The minimum Gasteiger partial charge on any atom is -0.284 e. The van der Waals surface area contributed by atoms with Crippen molar-refractivity contribution in [1.29, 1.82) is 5.26 Å². The molecule has 2 heterocycles. The molecule has 0 atom stereocenters. The summed E-state index contributed by atoms with van der Waals surface area (Å²) in [6.07, 6.45) is -4.97. The van der Waals surface area contributed by atoms with Crippen LogP contribution in [0.25, 0.3) is 28.0 Å². The van der Waals surface area contributed by atoms with Crippen molar-refractivity contribution >= 4 is 5.65 Å². The van der Waals surface area contributed by atoms with E-state index < -0.39 is 45.8 Å². The third-order valence-electron chi connectivity index (χ3n) is 4.78. The number of fused-ring (bicyclic) bond motifs is 1. The Morgan fingerprint density at radius 1 is 1.10 bits per heavy atom. The molecular weight excluding hydrogens is 419 g/mol. The number of nitrogens with one attached hydrogen (secondary N) is 1. The summed E-state index contributed by atoms with van der Waals surface area (Å²) in [6.45, 7) is 1.39. The van der Waals surface area contributed by atoms with E-state index >= 15 is 0 Å². The van der Waals surface area contributed by atoms with Crippen LogP contribution in [0.2, 0.25) is 0 Å². The van der Waals surface area contributed by atoms with Crippen molar-refractivity contribution in [1.82, 2.24) is 14.6 Å². The van der Waals surface area contributed by atoms with Crippen molar-refractivity contribution < 1.29 is 22.0 Å². The van der Waals surface area contributed by atoms with Crippen molar-refractivity contribution in [2.75, 3.05) is 0 Å². The van der Waals surface area contributed by atoms with Crippen LogP contribution in [0.5, 0.6) is 0 Å². The largest absolute Gasteiger partial charge is 0.433 e. The number of aromatic amines is 1. The molecule has 5 nitrogen and oxygen atoms in total. The van der Waals surface area contributed by atoms with Crippen LogP contribution in [0.4, 0.5) is 22.0 Å². The number of hydrogen-bond acceptors (Lipinski definition) is 3. The zero-order valence-corrected chi connectivity index (χ0v) is 15.7. The van der Waals surface area contributed by atoms with Gasteiger partial charge in [0.15, 0.2) is 5.65 Å². The van der Waals surface area contributed by atoms with Gasteiger partial charge < -0.3 is 0 Å². The molecule has 0 aliphatic carbocycles. The van der Waals surface area contributed by atoms with Crippen LogP contribution in [0, 0.1) is 29.9 Å². The van der Waals surface area contributed by atoms with Gasteiger partial charge in [-0.1, -0.05) is 12.1 Å². The fraction of sp³-hybridized carbons (Fsp3) is 0.0952. The third kappa shape index (κ3) is 3.34. The fourth-order valence-electron chi connectivity index (χ4n) is 3.29.